The van der Waals surface area contributed by atoms with Crippen molar-refractivity contribution in [3.8, 4) is 11.5 Å². The second-order valence-electron chi connectivity index (χ2n) is 4.38. The zero-order valence-electron chi connectivity index (χ0n) is 11.8. The zero-order chi connectivity index (χ0) is 15.2. The molecule has 0 fully saturated rings. The first kappa shape index (κ1) is 15.9. The minimum Gasteiger partial charge on any atom is -0.469 e. The highest BCUT2D eigenvalue weighted by Crippen LogP contribution is 2.29. The van der Waals surface area contributed by atoms with Crippen LogP contribution >= 0.6 is 23.4 Å². The van der Waals surface area contributed by atoms with Gasteiger partial charge in [0.05, 0.1) is 17.7 Å². The van der Waals surface area contributed by atoms with E-state index in [9.17, 15) is 4.79 Å². The maximum Gasteiger partial charge on any atom is 0.305 e. The Labute approximate surface area is 132 Å². The highest BCUT2D eigenvalue weighted by Gasteiger charge is 2.12. The first-order chi connectivity index (χ1) is 10.1. The van der Waals surface area contributed by atoms with Crippen molar-refractivity contribution in [2.24, 2.45) is 0 Å². The first-order valence-corrected chi connectivity index (χ1v) is 7.76. The quantitative estimate of drug-likeness (QED) is 0.457. The highest BCUT2D eigenvalue weighted by molar-refractivity contribution is 7.99. The molecule has 0 unspecified atom stereocenters. The second-order valence-corrected chi connectivity index (χ2v) is 5.84. The number of halogens is 1. The number of hydrogen-bond acceptors (Lipinski definition) is 6. The van der Waals surface area contributed by atoms with Gasteiger partial charge in [0.25, 0.3) is 5.22 Å². The van der Waals surface area contributed by atoms with Gasteiger partial charge in [-0.1, -0.05) is 29.4 Å². The van der Waals surface area contributed by atoms with Gasteiger partial charge in [-0.05, 0) is 31.0 Å². The number of hydrogen-bond donors (Lipinski definition) is 0. The molecule has 1 aromatic carbocycles. The molecular weight excluding hydrogens is 312 g/mol. The molecule has 21 heavy (non-hydrogen) atoms. The van der Waals surface area contributed by atoms with Crippen LogP contribution in [0.1, 0.15) is 18.4 Å². The van der Waals surface area contributed by atoms with E-state index >= 15 is 0 Å². The van der Waals surface area contributed by atoms with Gasteiger partial charge in [-0.25, -0.2) is 0 Å². The number of carbonyl (C=O) groups excluding carboxylic acids is 1. The smallest absolute Gasteiger partial charge is 0.305 e. The summed E-state index contributed by atoms with van der Waals surface area (Å²) in [6.45, 7) is 1.96. The number of esters is 1. The molecule has 5 nitrogen and oxygen atoms in total. The van der Waals surface area contributed by atoms with Crippen molar-refractivity contribution in [2.75, 3.05) is 12.9 Å². The lowest BCUT2D eigenvalue weighted by Crippen LogP contribution is -1.99. The SMILES string of the molecule is COC(=O)CCCSc1nnc(-c2ccc(C)cc2Cl)o1. The van der Waals surface area contributed by atoms with Gasteiger partial charge in [0.1, 0.15) is 0 Å². The summed E-state index contributed by atoms with van der Waals surface area (Å²) >= 11 is 7.57. The molecule has 7 heteroatoms. The molecule has 0 aliphatic carbocycles. The molecule has 1 aromatic heterocycles. The van der Waals surface area contributed by atoms with Crippen LogP contribution in [-0.2, 0) is 9.53 Å². The maximum absolute atomic E-state index is 11.0. The Balaban J connectivity index is 1.93. The molecule has 0 bridgehead atoms. The van der Waals surface area contributed by atoms with E-state index in [0.29, 0.717) is 34.7 Å². The van der Waals surface area contributed by atoms with E-state index in [1.165, 1.54) is 18.9 Å². The van der Waals surface area contributed by atoms with Crippen LogP contribution in [0, 0.1) is 6.92 Å². The largest absolute Gasteiger partial charge is 0.469 e. The summed E-state index contributed by atoms with van der Waals surface area (Å²) in [5.41, 5.74) is 1.79. The number of aryl methyl sites for hydroxylation is 1. The number of nitrogens with zero attached hydrogens (tertiary/aromatic N) is 2. The fourth-order valence-corrected chi connectivity index (χ4v) is 2.66. The lowest BCUT2D eigenvalue weighted by molar-refractivity contribution is -0.140. The van der Waals surface area contributed by atoms with Gasteiger partial charge in [-0.2, -0.15) is 0 Å². The molecule has 0 radical (unpaired) electrons. The average molecular weight is 327 g/mol. The zero-order valence-corrected chi connectivity index (χ0v) is 13.3. The summed E-state index contributed by atoms with van der Waals surface area (Å²) < 4.78 is 10.1. The molecule has 0 aliphatic rings. The Morgan fingerprint density at radius 3 is 2.95 bits per heavy atom. The van der Waals surface area contributed by atoms with Gasteiger partial charge in [-0.15, -0.1) is 10.2 Å². The third-order valence-electron chi connectivity index (χ3n) is 2.74. The Bertz CT molecular complexity index is 630. The summed E-state index contributed by atoms with van der Waals surface area (Å²) in [7, 11) is 1.38. The molecular formula is C14H15ClN2O3S. The fourth-order valence-electron chi connectivity index (χ4n) is 1.65. The number of ether oxygens (including phenoxy) is 1. The third-order valence-corrected chi connectivity index (χ3v) is 3.96. The standard InChI is InChI=1S/C14H15ClN2O3S/c1-9-5-6-10(11(15)8-9)13-16-17-14(20-13)21-7-3-4-12(18)19-2/h5-6,8H,3-4,7H2,1-2H3. The fraction of sp³-hybridized carbons (Fsp3) is 0.357. The number of carbonyl (C=O) groups is 1. The van der Waals surface area contributed by atoms with E-state index in [1.807, 2.05) is 25.1 Å². The van der Waals surface area contributed by atoms with E-state index < -0.39 is 0 Å². The Morgan fingerprint density at radius 2 is 2.24 bits per heavy atom. The second kappa shape index (κ2) is 7.47. The third kappa shape index (κ3) is 4.47. The van der Waals surface area contributed by atoms with Crippen molar-refractivity contribution in [1.82, 2.24) is 10.2 Å². The van der Waals surface area contributed by atoms with E-state index in [-0.39, 0.29) is 5.97 Å². The van der Waals surface area contributed by atoms with Crippen LogP contribution in [0.5, 0.6) is 0 Å². The molecule has 2 aromatic rings. The molecule has 1 heterocycles. The summed E-state index contributed by atoms with van der Waals surface area (Å²) in [4.78, 5) is 11.0. The predicted octanol–water partition coefficient (Wildman–Crippen LogP) is 3.74. The topological polar surface area (TPSA) is 65.2 Å². The monoisotopic (exact) mass is 326 g/mol. The van der Waals surface area contributed by atoms with Crippen molar-refractivity contribution in [3.63, 3.8) is 0 Å². The molecule has 112 valence electrons. The molecule has 0 saturated heterocycles. The molecule has 0 N–H and O–H groups in total. The number of thioether (sulfide) groups is 1. The highest BCUT2D eigenvalue weighted by atomic mass is 35.5. The van der Waals surface area contributed by atoms with E-state index in [1.54, 1.807) is 0 Å². The van der Waals surface area contributed by atoms with E-state index in [4.69, 9.17) is 16.0 Å². The first-order valence-electron chi connectivity index (χ1n) is 6.40. The summed E-state index contributed by atoms with van der Waals surface area (Å²) in [5.74, 6) is 0.891. The summed E-state index contributed by atoms with van der Waals surface area (Å²) in [6.07, 6.45) is 1.08. The lowest BCUT2D eigenvalue weighted by atomic mass is 10.1. The van der Waals surface area contributed by atoms with Gasteiger partial charge in [0.15, 0.2) is 0 Å². The summed E-state index contributed by atoms with van der Waals surface area (Å²) in [5, 5.41) is 9.01. The Hall–Kier alpha value is -1.53. The van der Waals surface area contributed by atoms with E-state index in [0.717, 1.165) is 11.1 Å². The van der Waals surface area contributed by atoms with Crippen LogP contribution in [0.4, 0.5) is 0 Å². The lowest BCUT2D eigenvalue weighted by Gasteiger charge is -2.00. The Morgan fingerprint density at radius 1 is 1.43 bits per heavy atom. The molecule has 0 spiro atoms. The maximum atomic E-state index is 11.0. The number of methoxy groups -OCH3 is 1. The van der Waals surface area contributed by atoms with Gasteiger partial charge < -0.3 is 9.15 Å². The molecule has 0 aliphatic heterocycles. The van der Waals surface area contributed by atoms with Crippen LogP contribution < -0.4 is 0 Å². The molecule has 0 saturated carbocycles. The summed E-state index contributed by atoms with van der Waals surface area (Å²) in [6, 6.07) is 5.65. The number of rotatable bonds is 6. The van der Waals surface area contributed by atoms with Crippen molar-refractivity contribution < 1.29 is 13.9 Å². The van der Waals surface area contributed by atoms with Crippen LogP contribution in [0.25, 0.3) is 11.5 Å². The van der Waals surface area contributed by atoms with Crippen LogP contribution in [0.3, 0.4) is 0 Å². The van der Waals surface area contributed by atoms with Crippen LogP contribution in [-0.4, -0.2) is 29.0 Å². The predicted molar refractivity (Wildman–Crippen MR) is 81.5 cm³/mol. The number of benzene rings is 1. The van der Waals surface area contributed by atoms with Gasteiger partial charge >= 0.3 is 5.97 Å². The minimum atomic E-state index is -0.215. The van der Waals surface area contributed by atoms with Crippen LogP contribution in [0.2, 0.25) is 5.02 Å². The number of aromatic nitrogens is 2. The molecule has 0 amide bonds. The van der Waals surface area contributed by atoms with Gasteiger partial charge in [-0.3, -0.25) is 4.79 Å². The van der Waals surface area contributed by atoms with Crippen molar-refractivity contribution in [3.05, 3.63) is 28.8 Å². The van der Waals surface area contributed by atoms with Crippen molar-refractivity contribution >= 4 is 29.3 Å². The minimum absolute atomic E-state index is 0.215. The van der Waals surface area contributed by atoms with Crippen molar-refractivity contribution in [2.45, 2.75) is 25.0 Å². The Kier molecular flexibility index (Phi) is 5.64. The average Bonchev–Trinajstić information content (AvgIpc) is 2.92. The van der Waals surface area contributed by atoms with Crippen LogP contribution in [0.15, 0.2) is 27.8 Å². The molecule has 0 atom stereocenters. The van der Waals surface area contributed by atoms with Gasteiger partial charge in [0, 0.05) is 12.2 Å². The van der Waals surface area contributed by atoms with Gasteiger partial charge in [0.2, 0.25) is 5.89 Å². The molecule has 2 rings (SSSR count). The van der Waals surface area contributed by atoms with E-state index in [2.05, 4.69) is 14.9 Å². The van der Waals surface area contributed by atoms with Crippen molar-refractivity contribution in [1.29, 1.82) is 0 Å². The normalized spacial score (nSPS) is 10.6.